The van der Waals surface area contributed by atoms with Crippen LogP contribution in [-0.2, 0) is 11.0 Å². The van der Waals surface area contributed by atoms with Crippen molar-refractivity contribution in [2.24, 2.45) is 0 Å². The summed E-state index contributed by atoms with van der Waals surface area (Å²) < 4.78 is 107. The minimum absolute atomic E-state index is 0.0705. The molecule has 14 heteroatoms. The van der Waals surface area contributed by atoms with Gasteiger partial charge in [0.05, 0.1) is 17.2 Å². The normalized spacial score (nSPS) is 16.2. The van der Waals surface area contributed by atoms with Crippen LogP contribution in [-0.4, -0.2) is 23.2 Å². The molecular weight excluding hydrogens is 476 g/mol. The van der Waals surface area contributed by atoms with Gasteiger partial charge in [0.25, 0.3) is 5.91 Å². The summed E-state index contributed by atoms with van der Waals surface area (Å²) in [6.45, 7) is 0.0245. The number of nitrogens with zero attached hydrogens (tertiary/aromatic N) is 1. The number of hydrogen-bond acceptors (Lipinski definition) is 4. The molecule has 0 aliphatic carbocycles. The van der Waals surface area contributed by atoms with Gasteiger partial charge >= 0.3 is 16.4 Å². The monoisotopic (exact) mass is 490 g/mol. The number of aliphatic hydroxyl groups is 1. The summed E-state index contributed by atoms with van der Waals surface area (Å²) in [5.74, 6) is -1.62. The number of anilines is 1. The molecule has 0 saturated heterocycles. The van der Waals surface area contributed by atoms with Gasteiger partial charge in [0.2, 0.25) is 0 Å². The molecule has 1 atom stereocenters. The highest BCUT2D eigenvalue weighted by atomic mass is 32.5. The van der Waals surface area contributed by atoms with Crippen LogP contribution >= 0.6 is 10.2 Å². The number of alkyl halides is 3. The number of carbonyl (C=O) groups is 1. The molecule has 2 aromatic carbocycles. The van der Waals surface area contributed by atoms with Crippen LogP contribution in [0.2, 0.25) is 0 Å². The molecule has 0 aromatic heterocycles. The number of rotatable bonds is 6. The van der Waals surface area contributed by atoms with E-state index >= 15 is 0 Å². The van der Waals surface area contributed by atoms with E-state index in [2.05, 4.69) is 0 Å². The lowest BCUT2D eigenvalue weighted by Crippen LogP contribution is -2.45. The lowest BCUT2D eigenvalue weighted by Gasteiger charge is -2.40. The Balaban J connectivity index is 2.12. The Kier molecular flexibility index (Phi) is 5.70. The average molecular weight is 490 g/mol. The SMILES string of the molecule is C[C@](O)(COc1ccc(S(F)(F)(F)(F)F)cc1)C(=O)Nc1ccc(C#N)c(C(F)(F)F)c1. The smallest absolute Gasteiger partial charge is 0.417 e. The first-order valence-electron chi connectivity index (χ1n) is 8.35. The van der Waals surface area contributed by atoms with E-state index in [1.807, 2.05) is 5.32 Å². The van der Waals surface area contributed by atoms with E-state index in [-0.39, 0.29) is 17.9 Å². The van der Waals surface area contributed by atoms with Crippen LogP contribution in [0.15, 0.2) is 47.4 Å². The lowest BCUT2D eigenvalue weighted by molar-refractivity contribution is -0.138. The second-order valence-corrected chi connectivity index (χ2v) is 9.24. The van der Waals surface area contributed by atoms with Gasteiger partial charge in [0.1, 0.15) is 17.3 Å². The van der Waals surface area contributed by atoms with Crippen molar-refractivity contribution in [1.29, 1.82) is 5.26 Å². The maximum Gasteiger partial charge on any atom is 0.417 e. The highest BCUT2D eigenvalue weighted by molar-refractivity contribution is 8.45. The fourth-order valence-corrected chi connectivity index (χ4v) is 2.95. The van der Waals surface area contributed by atoms with E-state index in [0.29, 0.717) is 18.2 Å². The molecule has 0 fully saturated rings. The molecule has 0 aliphatic heterocycles. The van der Waals surface area contributed by atoms with E-state index in [1.54, 1.807) is 0 Å². The third-order valence-electron chi connectivity index (χ3n) is 3.98. The summed E-state index contributed by atoms with van der Waals surface area (Å²) in [5, 5.41) is 21.0. The highest BCUT2D eigenvalue weighted by Gasteiger charge is 2.65. The summed E-state index contributed by atoms with van der Waals surface area (Å²) in [4.78, 5) is 10.0. The van der Waals surface area contributed by atoms with E-state index in [9.17, 15) is 42.5 Å². The topological polar surface area (TPSA) is 82.3 Å². The quantitative estimate of drug-likeness (QED) is 0.487. The zero-order valence-corrected chi connectivity index (χ0v) is 16.7. The largest absolute Gasteiger partial charge is 0.490 e. The molecule has 2 N–H and O–H groups in total. The zero-order valence-electron chi connectivity index (χ0n) is 15.9. The van der Waals surface area contributed by atoms with Crippen LogP contribution in [0.5, 0.6) is 5.75 Å². The van der Waals surface area contributed by atoms with Crippen LogP contribution in [0, 0.1) is 11.3 Å². The summed E-state index contributed by atoms with van der Waals surface area (Å²) in [6, 6.07) is 4.87. The van der Waals surface area contributed by atoms with Gasteiger partial charge in [-0.2, -0.15) is 18.4 Å². The molecule has 0 spiro atoms. The standard InChI is InChI=1S/C18H14F8N2O3S/c1-17(30,10-31-13-4-6-14(7-5-13)32(22,23,24,25)26)16(29)28-12-3-2-11(9-27)15(8-12)18(19,20)21/h2-8,30H,10H2,1H3,(H,28,29)/t17-/m0/s1. The fraction of sp³-hybridized carbons (Fsp3) is 0.222. The number of amides is 1. The lowest BCUT2D eigenvalue weighted by atomic mass is 10.1. The van der Waals surface area contributed by atoms with E-state index in [0.717, 1.165) is 19.1 Å². The van der Waals surface area contributed by atoms with Gasteiger partial charge in [-0.1, -0.05) is 19.4 Å². The Labute approximate surface area is 175 Å². The van der Waals surface area contributed by atoms with Crippen molar-refractivity contribution in [3.63, 3.8) is 0 Å². The van der Waals surface area contributed by atoms with Crippen LogP contribution in [0.4, 0.5) is 38.3 Å². The molecule has 0 heterocycles. The summed E-state index contributed by atoms with van der Waals surface area (Å²) in [7, 11) is -9.88. The van der Waals surface area contributed by atoms with Gasteiger partial charge in [-0.3, -0.25) is 4.79 Å². The van der Waals surface area contributed by atoms with Crippen LogP contribution in [0.3, 0.4) is 0 Å². The number of halogens is 8. The van der Waals surface area contributed by atoms with Gasteiger partial charge in [-0.05, 0) is 49.4 Å². The fourth-order valence-electron chi connectivity index (χ4n) is 2.30. The van der Waals surface area contributed by atoms with Crippen LogP contribution in [0.25, 0.3) is 0 Å². The molecule has 2 rings (SSSR count). The van der Waals surface area contributed by atoms with Gasteiger partial charge in [0, 0.05) is 5.69 Å². The van der Waals surface area contributed by atoms with Gasteiger partial charge in [-0.25, -0.2) is 0 Å². The molecule has 32 heavy (non-hydrogen) atoms. The maximum atomic E-state index is 13.0. The first-order valence-corrected chi connectivity index (χ1v) is 10.3. The molecular formula is C18H14F8N2O3S. The third kappa shape index (κ3) is 6.24. The van der Waals surface area contributed by atoms with E-state index in [4.69, 9.17) is 10.00 Å². The Morgan fingerprint density at radius 1 is 1.09 bits per heavy atom. The Hall–Kier alpha value is -3.05. The van der Waals surface area contributed by atoms with Crippen LogP contribution < -0.4 is 10.1 Å². The number of ether oxygens (including phenoxy) is 1. The molecule has 0 radical (unpaired) electrons. The van der Waals surface area contributed by atoms with Crippen LogP contribution in [0.1, 0.15) is 18.1 Å². The van der Waals surface area contributed by atoms with Gasteiger partial charge in [-0.15, -0.1) is 0 Å². The second kappa shape index (κ2) is 7.24. The van der Waals surface area contributed by atoms with Gasteiger partial charge in [0.15, 0.2) is 5.60 Å². The molecule has 0 unspecified atom stereocenters. The Bertz CT molecular complexity index is 1080. The molecule has 176 valence electrons. The number of carbonyl (C=O) groups excluding carboxylic acids is 1. The minimum atomic E-state index is -9.88. The predicted octanol–water partition coefficient (Wildman–Crippen LogP) is 6.00. The van der Waals surface area contributed by atoms with Gasteiger partial charge < -0.3 is 15.2 Å². The van der Waals surface area contributed by atoms with Crippen molar-refractivity contribution < 1.29 is 47.2 Å². The molecule has 5 nitrogen and oxygen atoms in total. The first-order chi connectivity index (χ1) is 14.2. The zero-order chi connectivity index (χ0) is 24.7. The Morgan fingerprint density at radius 3 is 2.12 bits per heavy atom. The van der Waals surface area contributed by atoms with Crippen molar-refractivity contribution in [2.45, 2.75) is 23.6 Å². The van der Waals surface area contributed by atoms with Crippen molar-refractivity contribution in [3.05, 3.63) is 53.6 Å². The maximum absolute atomic E-state index is 13.0. The first kappa shape index (κ1) is 25.2. The number of hydrogen-bond donors (Lipinski definition) is 2. The van der Waals surface area contributed by atoms with E-state index in [1.165, 1.54) is 6.07 Å². The molecule has 2 aromatic rings. The molecule has 1 amide bonds. The second-order valence-electron chi connectivity index (χ2n) is 6.83. The number of benzene rings is 2. The number of nitrogens with one attached hydrogen (secondary N) is 1. The molecule has 0 aliphatic rings. The van der Waals surface area contributed by atoms with E-state index < -0.39 is 56.2 Å². The van der Waals surface area contributed by atoms with Crippen molar-refractivity contribution in [3.8, 4) is 11.8 Å². The minimum Gasteiger partial charge on any atom is -0.490 e. The number of nitriles is 1. The molecule has 0 saturated carbocycles. The summed E-state index contributed by atoms with van der Waals surface area (Å²) >= 11 is 0. The summed E-state index contributed by atoms with van der Waals surface area (Å²) in [5.41, 5.74) is -4.80. The van der Waals surface area contributed by atoms with Crippen molar-refractivity contribution in [2.75, 3.05) is 11.9 Å². The summed E-state index contributed by atoms with van der Waals surface area (Å²) in [6.07, 6.45) is -4.89. The molecule has 0 bridgehead atoms. The third-order valence-corrected chi connectivity index (χ3v) is 5.14. The average Bonchev–Trinajstić information content (AvgIpc) is 2.64. The van der Waals surface area contributed by atoms with Crippen molar-refractivity contribution >= 4 is 21.8 Å². The predicted molar refractivity (Wildman–Crippen MR) is 98.7 cm³/mol. The Morgan fingerprint density at radius 2 is 1.66 bits per heavy atom. The highest BCUT2D eigenvalue weighted by Crippen LogP contribution is 3.02. The van der Waals surface area contributed by atoms with Crippen molar-refractivity contribution in [1.82, 2.24) is 0 Å².